The molecule has 5 aromatic rings. The molecule has 154 valence electrons. The number of thiazole rings is 1. The van der Waals surface area contributed by atoms with Gasteiger partial charge in [-0.3, -0.25) is 9.20 Å². The lowest BCUT2D eigenvalue weighted by molar-refractivity contribution is -0.115. The van der Waals surface area contributed by atoms with Gasteiger partial charge in [0.05, 0.1) is 15.5 Å². The van der Waals surface area contributed by atoms with Crippen molar-refractivity contribution in [2.24, 2.45) is 0 Å². The van der Waals surface area contributed by atoms with Crippen LogP contribution in [0.15, 0.2) is 72.0 Å². The number of rotatable bonds is 5. The van der Waals surface area contributed by atoms with E-state index in [9.17, 15) is 4.79 Å². The van der Waals surface area contributed by atoms with Gasteiger partial charge in [0.1, 0.15) is 5.01 Å². The summed E-state index contributed by atoms with van der Waals surface area (Å²) in [5.41, 5.74) is 4.79. The van der Waals surface area contributed by atoms with Crippen LogP contribution >= 0.6 is 23.1 Å². The molecule has 1 N–H and O–H groups in total. The molecule has 5 rings (SSSR count). The van der Waals surface area contributed by atoms with Crippen LogP contribution < -0.4 is 5.32 Å². The number of fused-ring (bicyclic) bond motifs is 2. The fraction of sp³-hybridized carbons (Fsp3) is 0.130. The molecule has 1 atom stereocenters. The van der Waals surface area contributed by atoms with Gasteiger partial charge in [-0.25, -0.2) is 4.98 Å². The van der Waals surface area contributed by atoms with Gasteiger partial charge in [-0.2, -0.15) is 0 Å². The lowest BCUT2D eigenvalue weighted by Crippen LogP contribution is -2.22. The van der Waals surface area contributed by atoms with Gasteiger partial charge in [-0.1, -0.05) is 23.9 Å². The largest absolute Gasteiger partial charge is 0.325 e. The van der Waals surface area contributed by atoms with Gasteiger partial charge in [0.25, 0.3) is 0 Å². The molecule has 0 saturated heterocycles. The fourth-order valence-electron chi connectivity index (χ4n) is 3.21. The second-order valence-corrected chi connectivity index (χ2v) is 9.57. The van der Waals surface area contributed by atoms with E-state index in [-0.39, 0.29) is 11.2 Å². The minimum absolute atomic E-state index is 0.0825. The first-order valence-corrected chi connectivity index (χ1v) is 11.5. The summed E-state index contributed by atoms with van der Waals surface area (Å²) in [4.78, 5) is 17.4. The van der Waals surface area contributed by atoms with Crippen LogP contribution in [0.3, 0.4) is 0 Å². The van der Waals surface area contributed by atoms with Crippen LogP contribution in [0.1, 0.15) is 12.5 Å². The summed E-state index contributed by atoms with van der Waals surface area (Å²) in [5.74, 6) is -0.0825. The van der Waals surface area contributed by atoms with E-state index in [1.165, 1.54) is 22.0 Å². The Morgan fingerprint density at radius 2 is 1.94 bits per heavy atom. The average Bonchev–Trinajstić information content (AvgIpc) is 3.38. The molecular formula is C23H19N5OS2. The van der Waals surface area contributed by atoms with Crippen LogP contribution in [-0.4, -0.2) is 30.7 Å². The summed E-state index contributed by atoms with van der Waals surface area (Å²) in [6.45, 7) is 3.95. The van der Waals surface area contributed by atoms with Crippen LogP contribution in [-0.2, 0) is 4.79 Å². The number of carbonyl (C=O) groups is 1. The number of hydrogen-bond acceptors (Lipinski definition) is 6. The second kappa shape index (κ2) is 8.13. The van der Waals surface area contributed by atoms with Gasteiger partial charge >= 0.3 is 0 Å². The highest BCUT2D eigenvalue weighted by Crippen LogP contribution is 2.31. The standard InChI is InChI=1S/C23H19N5OS2/c1-14-6-11-18-19(13-14)31-22(25-18)16-7-9-17(10-8-16)24-21(29)15(2)30-23-27-26-20-5-3-4-12-28(20)23/h3-13,15H,1-2H3,(H,24,29). The maximum atomic E-state index is 12.7. The molecule has 0 aliphatic heterocycles. The zero-order chi connectivity index (χ0) is 21.4. The minimum atomic E-state index is -0.320. The molecule has 8 heteroatoms. The highest BCUT2D eigenvalue weighted by molar-refractivity contribution is 8.00. The Balaban J connectivity index is 1.27. The number of nitrogens with one attached hydrogen (secondary N) is 1. The predicted octanol–water partition coefficient (Wildman–Crippen LogP) is 5.43. The van der Waals surface area contributed by atoms with Crippen LogP contribution in [0.5, 0.6) is 0 Å². The highest BCUT2D eigenvalue weighted by atomic mass is 32.2. The van der Waals surface area contributed by atoms with Crippen LogP contribution in [0.2, 0.25) is 0 Å². The van der Waals surface area contributed by atoms with Gasteiger partial charge in [0, 0.05) is 17.4 Å². The molecular weight excluding hydrogens is 426 g/mol. The summed E-state index contributed by atoms with van der Waals surface area (Å²) in [6, 6.07) is 19.8. The smallest absolute Gasteiger partial charge is 0.237 e. The van der Waals surface area contributed by atoms with Crippen molar-refractivity contribution in [2.45, 2.75) is 24.3 Å². The first-order valence-electron chi connectivity index (χ1n) is 9.82. The van der Waals surface area contributed by atoms with E-state index in [1.807, 2.05) is 60.0 Å². The third-order valence-corrected chi connectivity index (χ3v) is 7.00. The number of hydrogen-bond donors (Lipinski definition) is 1. The molecule has 0 aliphatic rings. The van der Waals surface area contributed by atoms with Gasteiger partial charge < -0.3 is 5.32 Å². The van der Waals surface area contributed by atoms with Crippen LogP contribution in [0.25, 0.3) is 26.4 Å². The number of aryl methyl sites for hydroxylation is 1. The SMILES string of the molecule is Cc1ccc2nc(-c3ccc(NC(=O)C(C)Sc4nnc5ccccn45)cc3)sc2c1. The van der Waals surface area contributed by atoms with Crippen molar-refractivity contribution in [3.05, 3.63) is 72.4 Å². The Bertz CT molecular complexity index is 1390. The quantitative estimate of drug-likeness (QED) is 0.365. The van der Waals surface area contributed by atoms with Crippen molar-refractivity contribution in [2.75, 3.05) is 5.32 Å². The lowest BCUT2D eigenvalue weighted by Gasteiger charge is -2.11. The maximum absolute atomic E-state index is 12.7. The molecule has 0 saturated carbocycles. The Labute approximate surface area is 187 Å². The molecule has 3 heterocycles. The molecule has 6 nitrogen and oxygen atoms in total. The lowest BCUT2D eigenvalue weighted by atomic mass is 10.2. The van der Waals surface area contributed by atoms with E-state index < -0.39 is 0 Å². The van der Waals surface area contributed by atoms with Crippen molar-refractivity contribution in [3.63, 3.8) is 0 Å². The first kappa shape index (κ1) is 19.7. The van der Waals surface area contributed by atoms with Gasteiger partial charge in [-0.15, -0.1) is 21.5 Å². The number of benzene rings is 2. The second-order valence-electron chi connectivity index (χ2n) is 7.23. The number of aromatic nitrogens is 4. The molecule has 0 aliphatic carbocycles. The van der Waals surface area contributed by atoms with Crippen molar-refractivity contribution in [1.82, 2.24) is 19.6 Å². The predicted molar refractivity (Wildman–Crippen MR) is 127 cm³/mol. The summed E-state index contributed by atoms with van der Waals surface area (Å²) >= 11 is 3.05. The van der Waals surface area contributed by atoms with Crippen LogP contribution in [0, 0.1) is 6.92 Å². The molecule has 0 radical (unpaired) electrons. The van der Waals surface area contributed by atoms with Crippen molar-refractivity contribution in [1.29, 1.82) is 0 Å². The Hall–Kier alpha value is -3.23. The van der Waals surface area contributed by atoms with Crippen molar-refractivity contribution >= 4 is 50.6 Å². The van der Waals surface area contributed by atoms with Gasteiger partial charge in [-0.05, 0) is 67.9 Å². The van der Waals surface area contributed by atoms with E-state index in [1.54, 1.807) is 11.3 Å². The molecule has 3 aromatic heterocycles. The molecule has 0 fully saturated rings. The summed E-state index contributed by atoms with van der Waals surface area (Å²) in [6.07, 6.45) is 1.89. The molecule has 0 bridgehead atoms. The Morgan fingerprint density at radius 3 is 2.77 bits per heavy atom. The normalized spacial score (nSPS) is 12.3. The van der Waals surface area contributed by atoms with Crippen LogP contribution in [0.4, 0.5) is 5.69 Å². The van der Waals surface area contributed by atoms with E-state index in [0.717, 1.165) is 27.4 Å². The molecule has 1 amide bonds. The Morgan fingerprint density at radius 1 is 1.10 bits per heavy atom. The molecule has 0 spiro atoms. The number of thioether (sulfide) groups is 1. The number of nitrogens with zero attached hydrogens (tertiary/aromatic N) is 4. The first-order chi connectivity index (χ1) is 15.1. The van der Waals surface area contributed by atoms with Gasteiger partial charge in [0.15, 0.2) is 10.8 Å². The summed E-state index contributed by atoms with van der Waals surface area (Å²) < 4.78 is 3.06. The van der Waals surface area contributed by atoms with E-state index in [4.69, 9.17) is 4.98 Å². The average molecular weight is 446 g/mol. The number of carbonyl (C=O) groups excluding carboxylic acids is 1. The van der Waals surface area contributed by atoms with E-state index in [2.05, 4.69) is 40.6 Å². The summed E-state index contributed by atoms with van der Waals surface area (Å²) in [5, 5.41) is 12.6. The van der Waals surface area contributed by atoms with Crippen molar-refractivity contribution < 1.29 is 4.79 Å². The zero-order valence-corrected chi connectivity index (χ0v) is 18.6. The third kappa shape index (κ3) is 4.04. The molecule has 1 unspecified atom stereocenters. The highest BCUT2D eigenvalue weighted by Gasteiger charge is 2.18. The fourth-order valence-corrected chi connectivity index (χ4v) is 5.11. The third-order valence-electron chi connectivity index (χ3n) is 4.88. The number of pyridine rings is 1. The topological polar surface area (TPSA) is 72.2 Å². The minimum Gasteiger partial charge on any atom is -0.325 e. The molecule has 2 aromatic carbocycles. The molecule has 31 heavy (non-hydrogen) atoms. The van der Waals surface area contributed by atoms with E-state index >= 15 is 0 Å². The summed E-state index contributed by atoms with van der Waals surface area (Å²) in [7, 11) is 0. The maximum Gasteiger partial charge on any atom is 0.237 e. The number of anilines is 1. The van der Waals surface area contributed by atoms with E-state index in [0.29, 0.717) is 5.16 Å². The van der Waals surface area contributed by atoms with Crippen molar-refractivity contribution in [3.8, 4) is 10.6 Å². The monoisotopic (exact) mass is 445 g/mol. The van der Waals surface area contributed by atoms with Gasteiger partial charge in [0.2, 0.25) is 5.91 Å². The number of amides is 1. The zero-order valence-electron chi connectivity index (χ0n) is 16.9. The Kier molecular flexibility index (Phi) is 5.17.